The van der Waals surface area contributed by atoms with Gasteiger partial charge in [-0.05, 0) is 73.0 Å². The number of para-hydroxylation sites is 1. The lowest BCUT2D eigenvalue weighted by atomic mass is 9.97. The smallest absolute Gasteiger partial charge is 0.322 e. The molecule has 0 radical (unpaired) electrons. The molecule has 5 heteroatoms. The van der Waals surface area contributed by atoms with Gasteiger partial charge in [-0.15, -0.1) is 0 Å². The van der Waals surface area contributed by atoms with Crippen LogP contribution in [-0.2, 0) is 6.54 Å². The van der Waals surface area contributed by atoms with Gasteiger partial charge in [0.15, 0.2) is 0 Å². The van der Waals surface area contributed by atoms with Gasteiger partial charge in [0.05, 0.1) is 18.8 Å². The molecule has 0 bridgehead atoms. The van der Waals surface area contributed by atoms with Crippen molar-refractivity contribution in [1.82, 2.24) is 9.47 Å². The second-order valence-corrected chi connectivity index (χ2v) is 8.21. The first kappa shape index (κ1) is 20.9. The Morgan fingerprint density at radius 3 is 2.52 bits per heavy atom. The van der Waals surface area contributed by atoms with Crippen molar-refractivity contribution >= 4 is 11.7 Å². The van der Waals surface area contributed by atoms with Crippen LogP contribution >= 0.6 is 0 Å². The van der Waals surface area contributed by atoms with Crippen LogP contribution in [0, 0.1) is 6.92 Å². The lowest BCUT2D eigenvalue weighted by Crippen LogP contribution is -2.38. The van der Waals surface area contributed by atoms with E-state index in [1.54, 1.807) is 0 Å². The van der Waals surface area contributed by atoms with Gasteiger partial charge in [-0.1, -0.05) is 42.5 Å². The van der Waals surface area contributed by atoms with Crippen molar-refractivity contribution < 1.29 is 9.53 Å². The maximum Gasteiger partial charge on any atom is 0.322 e. The minimum Gasteiger partial charge on any atom is -0.494 e. The molecule has 33 heavy (non-hydrogen) atoms. The van der Waals surface area contributed by atoms with Crippen molar-refractivity contribution in [2.24, 2.45) is 0 Å². The molecule has 0 saturated carbocycles. The molecule has 4 aromatic rings. The molecule has 166 valence electrons. The third-order valence-electron chi connectivity index (χ3n) is 6.12. The summed E-state index contributed by atoms with van der Waals surface area (Å²) in [5.41, 5.74) is 6.28. The molecule has 0 unspecified atom stereocenters. The number of aromatic nitrogens is 1. The zero-order valence-corrected chi connectivity index (χ0v) is 18.9. The van der Waals surface area contributed by atoms with E-state index in [9.17, 15) is 4.79 Å². The van der Waals surface area contributed by atoms with Crippen LogP contribution in [0.1, 0.15) is 35.3 Å². The number of nitrogens with zero attached hydrogens (tertiary/aromatic N) is 2. The third kappa shape index (κ3) is 3.98. The van der Waals surface area contributed by atoms with Crippen molar-refractivity contribution in [3.8, 4) is 11.4 Å². The first-order chi connectivity index (χ1) is 16.2. The Bertz CT molecular complexity index is 1280. The quantitative estimate of drug-likeness (QED) is 0.406. The van der Waals surface area contributed by atoms with Gasteiger partial charge >= 0.3 is 6.03 Å². The van der Waals surface area contributed by atoms with E-state index in [1.165, 1.54) is 0 Å². The molecule has 5 rings (SSSR count). The molecule has 3 aromatic carbocycles. The van der Waals surface area contributed by atoms with Gasteiger partial charge in [0, 0.05) is 17.6 Å². The lowest BCUT2D eigenvalue weighted by Gasteiger charge is -2.32. The second-order valence-electron chi connectivity index (χ2n) is 8.21. The first-order valence-corrected chi connectivity index (χ1v) is 11.3. The van der Waals surface area contributed by atoms with Crippen LogP contribution in [0.25, 0.3) is 5.69 Å². The fourth-order valence-electron chi connectivity index (χ4n) is 4.56. The van der Waals surface area contributed by atoms with Crippen molar-refractivity contribution in [3.05, 3.63) is 114 Å². The number of fused-ring (bicyclic) bond motifs is 3. The fourth-order valence-corrected chi connectivity index (χ4v) is 4.56. The lowest BCUT2D eigenvalue weighted by molar-refractivity contribution is 0.194. The van der Waals surface area contributed by atoms with Crippen molar-refractivity contribution in [1.29, 1.82) is 0 Å². The highest BCUT2D eigenvalue weighted by Gasteiger charge is 2.33. The van der Waals surface area contributed by atoms with Gasteiger partial charge < -0.3 is 19.5 Å². The SMILES string of the molecule is CCOc1ccc(NC(=O)N2Cc3ccccc3-n3cccc3[C@H]2c2ccccc2C)cc1. The Labute approximate surface area is 194 Å². The number of nitrogens with one attached hydrogen (secondary N) is 1. The van der Waals surface area contributed by atoms with Gasteiger partial charge in [-0.2, -0.15) is 0 Å². The Morgan fingerprint density at radius 1 is 0.970 bits per heavy atom. The summed E-state index contributed by atoms with van der Waals surface area (Å²) in [6.07, 6.45) is 2.08. The van der Waals surface area contributed by atoms with Crippen LogP contribution in [0.3, 0.4) is 0 Å². The molecule has 1 aromatic heterocycles. The van der Waals surface area contributed by atoms with Gasteiger partial charge in [-0.25, -0.2) is 4.79 Å². The molecule has 1 aliphatic rings. The number of hydrogen-bond acceptors (Lipinski definition) is 2. The number of aryl methyl sites for hydroxylation is 1. The molecule has 2 heterocycles. The number of rotatable bonds is 4. The summed E-state index contributed by atoms with van der Waals surface area (Å²) >= 11 is 0. The van der Waals surface area contributed by atoms with E-state index in [2.05, 4.69) is 53.3 Å². The van der Waals surface area contributed by atoms with Crippen molar-refractivity contribution in [2.45, 2.75) is 26.4 Å². The highest BCUT2D eigenvalue weighted by atomic mass is 16.5. The van der Waals surface area contributed by atoms with Gasteiger partial charge in [0.1, 0.15) is 11.8 Å². The van der Waals surface area contributed by atoms with Crippen LogP contribution in [0.2, 0.25) is 0 Å². The number of hydrogen-bond donors (Lipinski definition) is 1. The summed E-state index contributed by atoms with van der Waals surface area (Å²) in [5.74, 6) is 0.787. The molecular formula is C28H27N3O2. The van der Waals surface area contributed by atoms with Crippen LogP contribution < -0.4 is 10.1 Å². The van der Waals surface area contributed by atoms with E-state index < -0.39 is 0 Å². The molecular weight excluding hydrogens is 410 g/mol. The number of carbonyl (C=O) groups is 1. The number of carbonyl (C=O) groups excluding carboxylic acids is 1. The van der Waals surface area contributed by atoms with Crippen LogP contribution in [-0.4, -0.2) is 22.1 Å². The number of benzene rings is 3. The average Bonchev–Trinajstić information content (AvgIpc) is 3.26. The third-order valence-corrected chi connectivity index (χ3v) is 6.12. The summed E-state index contributed by atoms with van der Waals surface area (Å²) in [4.78, 5) is 15.7. The number of amides is 2. The minimum atomic E-state index is -0.226. The summed E-state index contributed by atoms with van der Waals surface area (Å²) in [6.45, 7) is 5.16. The number of ether oxygens (including phenoxy) is 1. The van der Waals surface area contributed by atoms with Crippen molar-refractivity contribution in [3.63, 3.8) is 0 Å². The zero-order valence-electron chi connectivity index (χ0n) is 18.9. The van der Waals surface area contributed by atoms with Crippen LogP contribution in [0.5, 0.6) is 5.75 Å². The van der Waals surface area contributed by atoms with Gasteiger partial charge in [0.2, 0.25) is 0 Å². The summed E-state index contributed by atoms with van der Waals surface area (Å²) in [6, 6.07) is 27.9. The molecule has 0 saturated heterocycles. The molecule has 5 nitrogen and oxygen atoms in total. The Hall–Kier alpha value is -3.99. The van der Waals surface area contributed by atoms with E-state index in [-0.39, 0.29) is 12.1 Å². The highest BCUT2D eigenvalue weighted by molar-refractivity contribution is 5.90. The van der Waals surface area contributed by atoms with Gasteiger partial charge in [-0.3, -0.25) is 0 Å². The molecule has 1 aliphatic heterocycles. The Morgan fingerprint density at radius 2 is 1.73 bits per heavy atom. The predicted molar refractivity (Wildman–Crippen MR) is 131 cm³/mol. The molecule has 0 spiro atoms. The topological polar surface area (TPSA) is 46.5 Å². The summed E-state index contributed by atoms with van der Waals surface area (Å²) in [5, 5.41) is 3.10. The molecule has 0 aliphatic carbocycles. The van der Waals surface area contributed by atoms with E-state index in [4.69, 9.17) is 4.74 Å². The summed E-state index contributed by atoms with van der Waals surface area (Å²) < 4.78 is 7.74. The molecule has 0 fully saturated rings. The molecule has 1 atom stereocenters. The summed E-state index contributed by atoms with van der Waals surface area (Å²) in [7, 11) is 0. The largest absolute Gasteiger partial charge is 0.494 e. The second kappa shape index (κ2) is 8.87. The normalized spacial score (nSPS) is 14.7. The van der Waals surface area contributed by atoms with Crippen LogP contribution in [0.4, 0.5) is 10.5 Å². The zero-order chi connectivity index (χ0) is 22.8. The average molecular weight is 438 g/mol. The van der Waals surface area contributed by atoms with E-state index in [0.717, 1.165) is 39.5 Å². The minimum absolute atomic E-state index is 0.142. The van der Waals surface area contributed by atoms with Gasteiger partial charge in [0.25, 0.3) is 0 Å². The van der Waals surface area contributed by atoms with E-state index in [1.807, 2.05) is 66.4 Å². The predicted octanol–water partition coefficient (Wildman–Crippen LogP) is 6.32. The Balaban J connectivity index is 1.57. The molecule has 2 amide bonds. The number of anilines is 1. The van der Waals surface area contributed by atoms with E-state index >= 15 is 0 Å². The fraction of sp³-hybridized carbons (Fsp3) is 0.179. The monoisotopic (exact) mass is 437 g/mol. The van der Waals surface area contributed by atoms with E-state index in [0.29, 0.717) is 13.2 Å². The molecule has 1 N–H and O–H groups in total. The van der Waals surface area contributed by atoms with Crippen LogP contribution in [0.15, 0.2) is 91.1 Å². The Kier molecular flexibility index (Phi) is 5.61. The number of urea groups is 1. The highest BCUT2D eigenvalue weighted by Crippen LogP contribution is 2.38. The van der Waals surface area contributed by atoms with Crippen molar-refractivity contribution in [2.75, 3.05) is 11.9 Å². The maximum atomic E-state index is 13.7. The maximum absolute atomic E-state index is 13.7. The first-order valence-electron chi connectivity index (χ1n) is 11.3. The standard InChI is InChI=1S/C28H27N3O2/c1-3-33-23-16-14-22(15-17-23)29-28(32)31-19-21-10-5-7-12-25(21)30-18-8-13-26(30)27(31)24-11-6-4-9-20(24)2/h4-18,27H,3,19H2,1-2H3,(H,29,32)/t27-/m1/s1.